The van der Waals surface area contributed by atoms with Crippen LogP contribution in [0.5, 0.6) is 0 Å². The lowest BCUT2D eigenvalue weighted by atomic mass is 10.0. The van der Waals surface area contributed by atoms with Gasteiger partial charge in [-0.15, -0.1) is 0 Å². The molecule has 0 fully saturated rings. The minimum atomic E-state index is -3.35. The number of hydrogen-bond acceptors (Lipinski definition) is 3. The van der Waals surface area contributed by atoms with Gasteiger partial charge in [-0.2, -0.15) is 0 Å². The van der Waals surface area contributed by atoms with E-state index in [0.717, 1.165) is 6.26 Å². The summed E-state index contributed by atoms with van der Waals surface area (Å²) < 4.78 is 24.4. The predicted octanol–water partition coefficient (Wildman–Crippen LogP) is 1.92. The molecule has 1 amide bonds. The molecule has 0 aromatic heterocycles. The Morgan fingerprint density at radius 1 is 1.25 bits per heavy atom. The zero-order valence-electron chi connectivity index (χ0n) is 12.8. The van der Waals surface area contributed by atoms with E-state index in [2.05, 4.69) is 5.32 Å². The third kappa shape index (κ3) is 3.96. The second kappa shape index (κ2) is 5.44. The molecule has 5 nitrogen and oxygen atoms in total. The second-order valence-electron chi connectivity index (χ2n) is 5.88. The Balaban J connectivity index is 3.24. The molecule has 0 saturated heterocycles. The van der Waals surface area contributed by atoms with Crippen LogP contribution in [0.2, 0.25) is 0 Å². The Kier molecular flexibility index (Phi) is 4.49. The second-order valence-corrected chi connectivity index (χ2v) is 7.90. The average Bonchev–Trinajstić information content (AvgIpc) is 2.24. The van der Waals surface area contributed by atoms with Gasteiger partial charge in [-0.25, -0.2) is 8.42 Å². The monoisotopic (exact) mass is 298 g/mol. The Morgan fingerprint density at radius 2 is 1.80 bits per heavy atom. The highest BCUT2D eigenvalue weighted by atomic mass is 32.2. The molecule has 0 saturated carbocycles. The topological polar surface area (TPSA) is 66.5 Å². The van der Waals surface area contributed by atoms with E-state index < -0.39 is 10.0 Å². The highest BCUT2D eigenvalue weighted by Gasteiger charge is 2.21. The first-order valence-corrected chi connectivity index (χ1v) is 8.14. The lowest BCUT2D eigenvalue weighted by Gasteiger charge is -2.23. The zero-order valence-corrected chi connectivity index (χ0v) is 13.6. The summed E-state index contributed by atoms with van der Waals surface area (Å²) in [5.41, 5.74) is 1.28. The molecule has 0 radical (unpaired) electrons. The number of rotatable bonds is 3. The van der Waals surface area contributed by atoms with E-state index in [4.69, 9.17) is 0 Å². The van der Waals surface area contributed by atoms with Crippen LogP contribution in [0.4, 0.5) is 5.69 Å². The molecule has 0 unspecified atom stereocenters. The third-order valence-electron chi connectivity index (χ3n) is 2.88. The fourth-order valence-electron chi connectivity index (χ4n) is 1.80. The van der Waals surface area contributed by atoms with Crippen molar-refractivity contribution >= 4 is 21.6 Å². The quantitative estimate of drug-likeness (QED) is 0.927. The van der Waals surface area contributed by atoms with Crippen molar-refractivity contribution in [3.8, 4) is 0 Å². The van der Waals surface area contributed by atoms with Crippen LogP contribution in [0.25, 0.3) is 0 Å². The van der Waals surface area contributed by atoms with Gasteiger partial charge in [-0.1, -0.05) is 6.07 Å². The van der Waals surface area contributed by atoms with E-state index in [1.807, 2.05) is 20.8 Å². The number of nitrogens with one attached hydrogen (secondary N) is 1. The van der Waals surface area contributed by atoms with Crippen LogP contribution >= 0.6 is 0 Å². The number of amides is 1. The molecule has 0 bridgehead atoms. The van der Waals surface area contributed by atoms with Gasteiger partial charge in [0.05, 0.1) is 11.9 Å². The van der Waals surface area contributed by atoms with Gasteiger partial charge in [-0.05, 0) is 45.4 Å². The molecule has 0 atom stereocenters. The van der Waals surface area contributed by atoms with Crippen molar-refractivity contribution in [2.75, 3.05) is 17.6 Å². The molecule has 0 spiro atoms. The SMILES string of the molecule is Cc1c(C(=O)NC(C)(C)C)cccc1N(C)S(C)(=O)=O. The molecule has 6 heteroatoms. The number of benzene rings is 1. The lowest BCUT2D eigenvalue weighted by Crippen LogP contribution is -2.41. The minimum absolute atomic E-state index is 0.209. The normalized spacial score (nSPS) is 12.1. The lowest BCUT2D eigenvalue weighted by molar-refractivity contribution is 0.0919. The van der Waals surface area contributed by atoms with Gasteiger partial charge >= 0.3 is 0 Å². The van der Waals surface area contributed by atoms with Crippen LogP contribution < -0.4 is 9.62 Å². The Morgan fingerprint density at radius 3 is 2.25 bits per heavy atom. The molecule has 0 aliphatic heterocycles. The first-order valence-electron chi connectivity index (χ1n) is 6.29. The molecule has 0 aliphatic carbocycles. The molecule has 1 aromatic rings. The summed E-state index contributed by atoms with van der Waals surface area (Å²) in [7, 11) is -1.88. The predicted molar refractivity (Wildman–Crippen MR) is 81.6 cm³/mol. The summed E-state index contributed by atoms with van der Waals surface area (Å²) in [6.45, 7) is 7.43. The maximum Gasteiger partial charge on any atom is 0.252 e. The molecular formula is C14H22N2O3S. The number of carbonyl (C=O) groups is 1. The van der Waals surface area contributed by atoms with Gasteiger partial charge in [0.1, 0.15) is 0 Å². The van der Waals surface area contributed by atoms with Crippen molar-refractivity contribution in [3.05, 3.63) is 29.3 Å². The van der Waals surface area contributed by atoms with Crippen LogP contribution in [-0.4, -0.2) is 33.2 Å². The van der Waals surface area contributed by atoms with Crippen molar-refractivity contribution in [3.63, 3.8) is 0 Å². The van der Waals surface area contributed by atoms with E-state index >= 15 is 0 Å². The fourth-order valence-corrected chi connectivity index (χ4v) is 2.35. The van der Waals surface area contributed by atoms with Gasteiger partial charge in [0, 0.05) is 18.2 Å². The van der Waals surface area contributed by atoms with Crippen molar-refractivity contribution < 1.29 is 13.2 Å². The summed E-state index contributed by atoms with van der Waals surface area (Å²) >= 11 is 0. The maximum atomic E-state index is 12.2. The zero-order chi connectivity index (χ0) is 15.7. The smallest absolute Gasteiger partial charge is 0.252 e. The van der Waals surface area contributed by atoms with Gasteiger partial charge in [0.15, 0.2) is 0 Å². The average molecular weight is 298 g/mol. The summed E-state index contributed by atoms with van der Waals surface area (Å²) in [4.78, 5) is 12.2. The molecule has 1 rings (SSSR count). The van der Waals surface area contributed by atoms with E-state index in [1.54, 1.807) is 25.1 Å². The first-order chi connectivity index (χ1) is 8.93. The van der Waals surface area contributed by atoms with Crippen LogP contribution in [0.3, 0.4) is 0 Å². The number of carbonyl (C=O) groups excluding carboxylic acids is 1. The van der Waals surface area contributed by atoms with Gasteiger partial charge in [-0.3, -0.25) is 9.10 Å². The highest BCUT2D eigenvalue weighted by Crippen LogP contribution is 2.24. The number of anilines is 1. The van der Waals surface area contributed by atoms with Crippen molar-refractivity contribution in [2.24, 2.45) is 0 Å². The highest BCUT2D eigenvalue weighted by molar-refractivity contribution is 7.92. The summed E-state index contributed by atoms with van der Waals surface area (Å²) in [6, 6.07) is 5.06. The molecule has 20 heavy (non-hydrogen) atoms. The number of nitrogens with zero attached hydrogens (tertiary/aromatic N) is 1. The standard InChI is InChI=1S/C14H22N2O3S/c1-10-11(13(17)15-14(2,3)4)8-7-9-12(10)16(5)20(6,18)19/h7-9H,1-6H3,(H,15,17). The van der Waals surface area contributed by atoms with Crippen molar-refractivity contribution in [1.29, 1.82) is 0 Å². The van der Waals surface area contributed by atoms with E-state index in [9.17, 15) is 13.2 Å². The van der Waals surface area contributed by atoms with E-state index in [1.165, 1.54) is 11.4 Å². The van der Waals surface area contributed by atoms with Crippen LogP contribution in [0.1, 0.15) is 36.7 Å². The van der Waals surface area contributed by atoms with Crippen molar-refractivity contribution in [2.45, 2.75) is 33.2 Å². The Hall–Kier alpha value is -1.56. The summed E-state index contributed by atoms with van der Waals surface area (Å²) in [6.07, 6.45) is 1.13. The van der Waals surface area contributed by atoms with E-state index in [-0.39, 0.29) is 11.4 Å². The molecule has 0 heterocycles. The Labute approximate surface area is 121 Å². The minimum Gasteiger partial charge on any atom is -0.347 e. The molecular weight excluding hydrogens is 276 g/mol. The molecule has 1 N–H and O–H groups in total. The van der Waals surface area contributed by atoms with Crippen LogP contribution in [-0.2, 0) is 10.0 Å². The maximum absolute atomic E-state index is 12.2. The van der Waals surface area contributed by atoms with Gasteiger partial charge < -0.3 is 5.32 Å². The summed E-state index contributed by atoms with van der Waals surface area (Å²) in [5, 5.41) is 2.87. The van der Waals surface area contributed by atoms with E-state index in [0.29, 0.717) is 16.8 Å². The van der Waals surface area contributed by atoms with Gasteiger partial charge in [0.25, 0.3) is 5.91 Å². The summed E-state index contributed by atoms with van der Waals surface area (Å²) in [5.74, 6) is -0.209. The third-order valence-corrected chi connectivity index (χ3v) is 4.07. The van der Waals surface area contributed by atoms with Crippen LogP contribution in [0.15, 0.2) is 18.2 Å². The number of sulfonamides is 1. The fraction of sp³-hybridized carbons (Fsp3) is 0.500. The van der Waals surface area contributed by atoms with Crippen LogP contribution in [0, 0.1) is 6.92 Å². The molecule has 1 aromatic carbocycles. The molecule has 112 valence electrons. The Bertz CT molecular complexity index is 616. The number of hydrogen-bond donors (Lipinski definition) is 1. The molecule has 0 aliphatic rings. The largest absolute Gasteiger partial charge is 0.347 e. The van der Waals surface area contributed by atoms with Crippen molar-refractivity contribution in [1.82, 2.24) is 5.32 Å². The first kappa shape index (κ1) is 16.5. The van der Waals surface area contributed by atoms with Gasteiger partial charge in [0.2, 0.25) is 10.0 Å².